The Balaban J connectivity index is 1.87. The van der Waals surface area contributed by atoms with E-state index >= 15 is 0 Å². The lowest BCUT2D eigenvalue weighted by molar-refractivity contribution is -0.134. The van der Waals surface area contributed by atoms with Crippen LogP contribution in [0, 0.1) is 0 Å². The predicted octanol–water partition coefficient (Wildman–Crippen LogP) is 2.50. The Kier molecular flexibility index (Phi) is 2.54. The van der Waals surface area contributed by atoms with Crippen molar-refractivity contribution in [2.45, 2.75) is 18.8 Å². The Labute approximate surface area is 120 Å². The van der Waals surface area contributed by atoms with Crippen molar-refractivity contribution in [1.82, 2.24) is 10.3 Å². The summed E-state index contributed by atoms with van der Waals surface area (Å²) in [5, 5.41) is 4.29. The maximum absolute atomic E-state index is 12.0. The molecule has 0 radical (unpaired) electrons. The fraction of sp³-hybridized carbons (Fsp3) is 0.188. The van der Waals surface area contributed by atoms with Crippen LogP contribution >= 0.6 is 0 Å². The highest BCUT2D eigenvalue weighted by Crippen LogP contribution is 2.34. The number of imide groups is 1. The van der Waals surface area contributed by atoms with E-state index in [1.807, 2.05) is 24.3 Å². The zero-order valence-electron chi connectivity index (χ0n) is 11.1. The Bertz CT molecular complexity index is 881. The number of nitrogens with one attached hydrogen (secondary N) is 1. The molecule has 5 heteroatoms. The summed E-state index contributed by atoms with van der Waals surface area (Å²) in [5.41, 5.74) is 2.40. The van der Waals surface area contributed by atoms with Gasteiger partial charge in [-0.15, -0.1) is 0 Å². The second kappa shape index (κ2) is 4.41. The molecule has 1 N–H and O–H groups in total. The molecule has 21 heavy (non-hydrogen) atoms. The molecule has 1 fully saturated rings. The van der Waals surface area contributed by atoms with Gasteiger partial charge in [-0.1, -0.05) is 6.07 Å². The summed E-state index contributed by atoms with van der Waals surface area (Å²) >= 11 is 0. The minimum Gasteiger partial charge on any atom is -0.464 e. The lowest BCUT2D eigenvalue weighted by Gasteiger charge is -2.19. The second-order valence-electron chi connectivity index (χ2n) is 5.24. The zero-order valence-corrected chi connectivity index (χ0v) is 11.1. The standard InChI is InChI=1S/C16H12N2O3/c19-15-4-3-10(16(20)18-15)12-8-21-14-7-13-9(6-11(12)14)2-1-5-17-13/h1-2,5-8,10H,3-4H2,(H,18,19,20)/t10-/m0/s1. The second-order valence-corrected chi connectivity index (χ2v) is 5.24. The Morgan fingerprint density at radius 1 is 1.29 bits per heavy atom. The zero-order chi connectivity index (χ0) is 14.4. The van der Waals surface area contributed by atoms with E-state index in [1.54, 1.807) is 12.5 Å². The molecular weight excluding hydrogens is 268 g/mol. The number of piperidine rings is 1. The maximum Gasteiger partial charge on any atom is 0.234 e. The number of carbonyl (C=O) groups excluding carboxylic acids is 2. The van der Waals surface area contributed by atoms with Gasteiger partial charge in [0, 0.05) is 35.0 Å². The number of hydrogen-bond acceptors (Lipinski definition) is 4. The van der Waals surface area contributed by atoms with E-state index in [0.29, 0.717) is 18.4 Å². The molecule has 0 saturated carbocycles. The number of furan rings is 1. The van der Waals surface area contributed by atoms with Crippen LogP contribution in [-0.2, 0) is 9.59 Å². The van der Waals surface area contributed by atoms with E-state index in [9.17, 15) is 9.59 Å². The number of aromatic nitrogens is 1. The van der Waals surface area contributed by atoms with E-state index in [2.05, 4.69) is 10.3 Å². The number of hydrogen-bond donors (Lipinski definition) is 1. The van der Waals surface area contributed by atoms with E-state index in [0.717, 1.165) is 21.9 Å². The average Bonchev–Trinajstić information content (AvgIpc) is 2.88. The van der Waals surface area contributed by atoms with Gasteiger partial charge < -0.3 is 4.42 Å². The third-order valence-corrected chi connectivity index (χ3v) is 3.94. The van der Waals surface area contributed by atoms with Gasteiger partial charge >= 0.3 is 0 Å². The Morgan fingerprint density at radius 2 is 2.19 bits per heavy atom. The van der Waals surface area contributed by atoms with Gasteiger partial charge in [-0.3, -0.25) is 19.9 Å². The molecule has 1 atom stereocenters. The first-order valence-electron chi connectivity index (χ1n) is 6.82. The molecular formula is C16H12N2O3. The van der Waals surface area contributed by atoms with Crippen LogP contribution in [0.15, 0.2) is 41.1 Å². The number of carbonyl (C=O) groups is 2. The minimum atomic E-state index is -0.335. The molecule has 1 aliphatic rings. The van der Waals surface area contributed by atoms with Crippen molar-refractivity contribution < 1.29 is 14.0 Å². The van der Waals surface area contributed by atoms with Crippen LogP contribution < -0.4 is 5.32 Å². The van der Waals surface area contributed by atoms with E-state index in [4.69, 9.17) is 4.42 Å². The van der Waals surface area contributed by atoms with Crippen molar-refractivity contribution in [3.63, 3.8) is 0 Å². The monoisotopic (exact) mass is 280 g/mol. The highest BCUT2D eigenvalue weighted by atomic mass is 16.3. The number of nitrogens with zero attached hydrogens (tertiary/aromatic N) is 1. The van der Waals surface area contributed by atoms with Gasteiger partial charge in [0.1, 0.15) is 5.58 Å². The molecule has 4 rings (SSSR count). The predicted molar refractivity (Wildman–Crippen MR) is 76.6 cm³/mol. The van der Waals surface area contributed by atoms with Gasteiger partial charge in [-0.2, -0.15) is 0 Å². The first-order valence-corrected chi connectivity index (χ1v) is 6.82. The molecule has 3 heterocycles. The fourth-order valence-electron chi connectivity index (χ4n) is 2.87. The Morgan fingerprint density at radius 3 is 3.05 bits per heavy atom. The van der Waals surface area contributed by atoms with Crippen LogP contribution in [0.3, 0.4) is 0 Å². The van der Waals surface area contributed by atoms with E-state index in [1.165, 1.54) is 0 Å². The van der Waals surface area contributed by atoms with Gasteiger partial charge in [-0.25, -0.2) is 0 Å². The lowest BCUT2D eigenvalue weighted by atomic mass is 9.90. The topological polar surface area (TPSA) is 72.2 Å². The molecule has 5 nitrogen and oxygen atoms in total. The first-order chi connectivity index (χ1) is 10.2. The van der Waals surface area contributed by atoms with Crippen molar-refractivity contribution in [3.05, 3.63) is 42.3 Å². The third kappa shape index (κ3) is 1.89. The van der Waals surface area contributed by atoms with Crippen LogP contribution in [0.25, 0.3) is 21.9 Å². The molecule has 0 bridgehead atoms. The first kappa shape index (κ1) is 12.1. The molecule has 1 aromatic carbocycles. The van der Waals surface area contributed by atoms with Gasteiger partial charge in [0.05, 0.1) is 17.7 Å². The van der Waals surface area contributed by atoms with Gasteiger partial charge in [0.2, 0.25) is 11.8 Å². The third-order valence-electron chi connectivity index (χ3n) is 3.94. The smallest absolute Gasteiger partial charge is 0.234 e. The number of amides is 2. The summed E-state index contributed by atoms with van der Waals surface area (Å²) in [6, 6.07) is 7.71. The summed E-state index contributed by atoms with van der Waals surface area (Å²) in [6.45, 7) is 0. The highest BCUT2D eigenvalue weighted by Gasteiger charge is 2.30. The van der Waals surface area contributed by atoms with Crippen LogP contribution in [0.2, 0.25) is 0 Å². The fourth-order valence-corrected chi connectivity index (χ4v) is 2.87. The average molecular weight is 280 g/mol. The normalized spacial score (nSPS) is 19.1. The molecule has 3 aromatic rings. The number of pyridine rings is 1. The van der Waals surface area contributed by atoms with Crippen molar-refractivity contribution in [2.24, 2.45) is 0 Å². The number of benzene rings is 1. The highest BCUT2D eigenvalue weighted by molar-refractivity contribution is 6.04. The van der Waals surface area contributed by atoms with Crippen molar-refractivity contribution in [2.75, 3.05) is 0 Å². The van der Waals surface area contributed by atoms with E-state index < -0.39 is 0 Å². The van der Waals surface area contributed by atoms with Gasteiger partial charge in [0.15, 0.2) is 0 Å². The van der Waals surface area contributed by atoms with Crippen molar-refractivity contribution in [3.8, 4) is 0 Å². The molecule has 104 valence electrons. The van der Waals surface area contributed by atoms with Crippen LogP contribution in [-0.4, -0.2) is 16.8 Å². The molecule has 0 unspecified atom stereocenters. The molecule has 1 aliphatic heterocycles. The Hall–Kier alpha value is -2.69. The lowest BCUT2D eigenvalue weighted by Crippen LogP contribution is -2.39. The van der Waals surface area contributed by atoms with Crippen LogP contribution in [0.1, 0.15) is 24.3 Å². The number of fused-ring (bicyclic) bond motifs is 2. The maximum atomic E-state index is 12.0. The molecule has 2 amide bonds. The van der Waals surface area contributed by atoms with Gasteiger partial charge in [-0.05, 0) is 18.6 Å². The van der Waals surface area contributed by atoms with E-state index in [-0.39, 0.29) is 17.7 Å². The summed E-state index contributed by atoms with van der Waals surface area (Å²) < 4.78 is 5.58. The summed E-state index contributed by atoms with van der Waals surface area (Å²) in [4.78, 5) is 27.6. The van der Waals surface area contributed by atoms with Crippen molar-refractivity contribution >= 4 is 33.7 Å². The summed E-state index contributed by atoms with van der Waals surface area (Å²) in [5.74, 6) is -0.794. The van der Waals surface area contributed by atoms with Crippen LogP contribution in [0.4, 0.5) is 0 Å². The minimum absolute atomic E-state index is 0.210. The molecule has 1 saturated heterocycles. The van der Waals surface area contributed by atoms with Gasteiger partial charge in [0.25, 0.3) is 0 Å². The molecule has 2 aromatic heterocycles. The number of rotatable bonds is 1. The summed E-state index contributed by atoms with van der Waals surface area (Å²) in [7, 11) is 0. The van der Waals surface area contributed by atoms with Crippen molar-refractivity contribution in [1.29, 1.82) is 0 Å². The quantitative estimate of drug-likeness (QED) is 0.695. The largest absolute Gasteiger partial charge is 0.464 e. The van der Waals surface area contributed by atoms with Crippen LogP contribution in [0.5, 0.6) is 0 Å². The molecule has 0 aliphatic carbocycles. The molecule has 0 spiro atoms. The summed E-state index contributed by atoms with van der Waals surface area (Å²) in [6.07, 6.45) is 4.23. The SMILES string of the molecule is O=C1CC[C@@H](c2coc3cc4ncccc4cc23)C(=O)N1.